The second-order valence-electron chi connectivity index (χ2n) is 8.55. The minimum absolute atomic E-state index is 0.111. The van der Waals surface area contributed by atoms with Gasteiger partial charge in [0, 0.05) is 13.0 Å². The Morgan fingerprint density at radius 1 is 1.03 bits per heavy atom. The van der Waals surface area contributed by atoms with Crippen molar-refractivity contribution in [3.05, 3.63) is 65.2 Å². The summed E-state index contributed by atoms with van der Waals surface area (Å²) >= 11 is 0. The van der Waals surface area contributed by atoms with Crippen LogP contribution in [0.3, 0.4) is 0 Å². The molecule has 9 nitrogen and oxygen atoms in total. The van der Waals surface area contributed by atoms with Crippen LogP contribution in [0.5, 0.6) is 0 Å². The number of nitrogens with zero attached hydrogens (tertiary/aromatic N) is 2. The summed E-state index contributed by atoms with van der Waals surface area (Å²) in [6.07, 6.45) is -0.492. The Morgan fingerprint density at radius 2 is 1.56 bits per heavy atom. The fourth-order valence-electron chi connectivity index (χ4n) is 4.38. The van der Waals surface area contributed by atoms with Gasteiger partial charge in [0.2, 0.25) is 10.0 Å². The first-order valence-corrected chi connectivity index (χ1v) is 11.3. The number of hydrogen-bond acceptors (Lipinski definition) is 6. The van der Waals surface area contributed by atoms with Gasteiger partial charge in [0.1, 0.15) is 5.54 Å². The maximum absolute atomic E-state index is 13.3. The number of benzene rings is 2. The highest BCUT2D eigenvalue weighted by Crippen LogP contribution is 2.41. The number of β-amino-alcohol motifs (C(OH)–C–C–N with tert-alkyl or cyclic N) is 1. The van der Waals surface area contributed by atoms with E-state index in [1.54, 1.807) is 31.2 Å². The fourth-order valence-corrected chi connectivity index (χ4v) is 6.20. The third-order valence-electron chi connectivity index (χ3n) is 6.06. The average Bonchev–Trinajstić information content (AvgIpc) is 3.16. The van der Waals surface area contributed by atoms with Crippen LogP contribution in [0.25, 0.3) is 0 Å². The molecule has 0 unspecified atom stereocenters. The van der Waals surface area contributed by atoms with Crippen molar-refractivity contribution in [1.29, 1.82) is 0 Å². The molecule has 2 heterocycles. The molecule has 0 saturated carbocycles. The van der Waals surface area contributed by atoms with E-state index in [0.717, 1.165) is 14.8 Å². The lowest BCUT2D eigenvalue weighted by Gasteiger charge is -2.29. The lowest BCUT2D eigenvalue weighted by Crippen LogP contribution is -2.50. The van der Waals surface area contributed by atoms with Crippen molar-refractivity contribution in [2.24, 2.45) is 0 Å². The summed E-state index contributed by atoms with van der Waals surface area (Å²) in [6, 6.07) is 12.1. The van der Waals surface area contributed by atoms with Gasteiger partial charge in [-0.1, -0.05) is 29.8 Å². The highest BCUT2D eigenvalue weighted by Gasteiger charge is 2.60. The van der Waals surface area contributed by atoms with Crippen LogP contribution in [0, 0.1) is 6.92 Å². The molecular weight excluding hydrogens is 436 g/mol. The number of carboxylic acid groups (broad SMARTS) is 1. The molecule has 4 rings (SSSR count). The SMILES string of the molecule is Cc1ccc(S(=O)(=O)N2C[C@](O)(CN3C(=O)c4ccccc4C3=O)C[C@@]2(C)C(=O)O)cc1. The third-order valence-corrected chi connectivity index (χ3v) is 8.04. The van der Waals surface area contributed by atoms with Crippen molar-refractivity contribution in [2.45, 2.75) is 36.3 Å². The number of aryl methyl sites for hydroxylation is 1. The zero-order valence-corrected chi connectivity index (χ0v) is 18.3. The number of fused-ring (bicyclic) bond motifs is 1. The third kappa shape index (κ3) is 3.31. The summed E-state index contributed by atoms with van der Waals surface area (Å²) in [4.78, 5) is 38.3. The predicted octanol–water partition coefficient (Wildman–Crippen LogP) is 1.26. The van der Waals surface area contributed by atoms with E-state index in [-0.39, 0.29) is 16.0 Å². The van der Waals surface area contributed by atoms with Crippen LogP contribution < -0.4 is 0 Å². The van der Waals surface area contributed by atoms with Crippen LogP contribution in [0.15, 0.2) is 53.4 Å². The number of rotatable bonds is 5. The molecule has 0 bridgehead atoms. The van der Waals surface area contributed by atoms with E-state index in [2.05, 4.69) is 0 Å². The quantitative estimate of drug-likeness (QED) is 0.645. The topological polar surface area (TPSA) is 132 Å². The van der Waals surface area contributed by atoms with Gasteiger partial charge < -0.3 is 10.2 Å². The summed E-state index contributed by atoms with van der Waals surface area (Å²) in [5.74, 6) is -2.67. The van der Waals surface area contributed by atoms with Gasteiger partial charge in [0.15, 0.2) is 0 Å². The summed E-state index contributed by atoms with van der Waals surface area (Å²) in [7, 11) is -4.29. The van der Waals surface area contributed by atoms with E-state index in [9.17, 15) is 33.0 Å². The fraction of sp³-hybridized carbons (Fsp3) is 0.318. The van der Waals surface area contributed by atoms with E-state index in [1.807, 2.05) is 0 Å². The molecule has 0 radical (unpaired) electrons. The Morgan fingerprint density at radius 3 is 2.06 bits per heavy atom. The normalized spacial score (nSPS) is 25.9. The van der Waals surface area contributed by atoms with Gasteiger partial charge in [-0.3, -0.25) is 19.3 Å². The molecule has 168 valence electrons. The van der Waals surface area contributed by atoms with Gasteiger partial charge in [-0.05, 0) is 38.1 Å². The van der Waals surface area contributed by atoms with Gasteiger partial charge >= 0.3 is 5.97 Å². The standard InChI is InChI=1S/C22H22N2O7S/c1-14-7-9-15(10-8-14)32(30,31)24-13-22(29,11-21(24,2)20(27)28)12-23-18(25)16-5-3-4-6-17(16)19(23)26/h3-10,29H,11-13H2,1-2H3,(H,27,28)/t21-,22+/m0/s1. The van der Waals surface area contributed by atoms with Gasteiger partial charge in [0.05, 0.1) is 28.2 Å². The number of sulfonamides is 1. The molecule has 32 heavy (non-hydrogen) atoms. The number of aliphatic hydroxyl groups is 1. The largest absolute Gasteiger partial charge is 0.480 e. The molecule has 2 atom stereocenters. The molecule has 10 heteroatoms. The van der Waals surface area contributed by atoms with E-state index in [1.165, 1.54) is 31.2 Å². The van der Waals surface area contributed by atoms with Crippen LogP contribution in [0.4, 0.5) is 0 Å². The number of imide groups is 1. The highest BCUT2D eigenvalue weighted by molar-refractivity contribution is 7.89. The van der Waals surface area contributed by atoms with Crippen molar-refractivity contribution in [3.8, 4) is 0 Å². The molecule has 2 aromatic rings. The summed E-state index contributed by atoms with van der Waals surface area (Å²) in [6.45, 7) is 1.89. The van der Waals surface area contributed by atoms with Gasteiger partial charge in [-0.25, -0.2) is 8.42 Å². The predicted molar refractivity (Wildman–Crippen MR) is 112 cm³/mol. The van der Waals surface area contributed by atoms with E-state index in [4.69, 9.17) is 0 Å². The number of carbonyl (C=O) groups is 3. The zero-order valence-electron chi connectivity index (χ0n) is 17.5. The lowest BCUT2D eigenvalue weighted by molar-refractivity contribution is -0.146. The Labute approximate surface area is 184 Å². The molecule has 2 aliphatic heterocycles. The van der Waals surface area contributed by atoms with Gasteiger partial charge in [0.25, 0.3) is 11.8 Å². The van der Waals surface area contributed by atoms with Crippen molar-refractivity contribution in [3.63, 3.8) is 0 Å². The number of hydrogen-bond donors (Lipinski definition) is 2. The van der Waals surface area contributed by atoms with Crippen LogP contribution in [0.2, 0.25) is 0 Å². The Hall–Kier alpha value is -3.08. The number of carbonyl (C=O) groups excluding carboxylic acids is 2. The Bertz CT molecular complexity index is 1210. The number of aliphatic carboxylic acids is 1. The average molecular weight is 458 g/mol. The monoisotopic (exact) mass is 458 g/mol. The van der Waals surface area contributed by atoms with E-state index < -0.39 is 58.5 Å². The number of amides is 2. The highest BCUT2D eigenvalue weighted by atomic mass is 32.2. The van der Waals surface area contributed by atoms with Gasteiger partial charge in [-0.15, -0.1) is 0 Å². The molecule has 0 aromatic heterocycles. The van der Waals surface area contributed by atoms with Gasteiger partial charge in [-0.2, -0.15) is 4.31 Å². The molecule has 2 N–H and O–H groups in total. The second-order valence-corrected chi connectivity index (χ2v) is 10.4. The molecule has 0 aliphatic carbocycles. The Kier molecular flexibility index (Phi) is 5.00. The zero-order chi connectivity index (χ0) is 23.5. The maximum atomic E-state index is 13.3. The van der Waals surface area contributed by atoms with Crippen molar-refractivity contribution < 1.29 is 33.0 Å². The van der Waals surface area contributed by atoms with Crippen LogP contribution in [0.1, 0.15) is 39.6 Å². The lowest BCUT2D eigenvalue weighted by atomic mass is 9.91. The molecule has 1 fully saturated rings. The molecule has 0 spiro atoms. The first kappa shape index (κ1) is 22.1. The summed E-state index contributed by atoms with van der Waals surface area (Å²) in [5, 5.41) is 21.1. The first-order chi connectivity index (χ1) is 14.9. The van der Waals surface area contributed by atoms with Crippen LogP contribution in [-0.2, 0) is 14.8 Å². The number of carboxylic acids is 1. The van der Waals surface area contributed by atoms with Crippen molar-refractivity contribution in [1.82, 2.24) is 9.21 Å². The van der Waals surface area contributed by atoms with Crippen LogP contribution >= 0.6 is 0 Å². The molecule has 1 saturated heterocycles. The van der Waals surface area contributed by atoms with E-state index in [0.29, 0.717) is 0 Å². The molecule has 2 aromatic carbocycles. The summed E-state index contributed by atoms with van der Waals surface area (Å²) < 4.78 is 27.3. The van der Waals surface area contributed by atoms with Crippen molar-refractivity contribution >= 4 is 27.8 Å². The maximum Gasteiger partial charge on any atom is 0.325 e. The first-order valence-electron chi connectivity index (χ1n) is 9.90. The molecule has 2 aliphatic rings. The minimum atomic E-state index is -4.29. The smallest absolute Gasteiger partial charge is 0.325 e. The molecule has 2 amide bonds. The minimum Gasteiger partial charge on any atom is -0.480 e. The van der Waals surface area contributed by atoms with Crippen molar-refractivity contribution in [2.75, 3.05) is 13.1 Å². The molecular formula is C22H22N2O7S. The van der Waals surface area contributed by atoms with E-state index >= 15 is 0 Å². The second kappa shape index (κ2) is 7.22. The summed E-state index contributed by atoms with van der Waals surface area (Å²) in [5.41, 5.74) is -2.72. The Balaban J connectivity index is 1.69. The van der Waals surface area contributed by atoms with Crippen LogP contribution in [-0.4, -0.2) is 69.8 Å².